The number of aryl methyl sites for hydroxylation is 1. The van der Waals surface area contributed by atoms with E-state index in [0.29, 0.717) is 19.8 Å². The predicted octanol–water partition coefficient (Wildman–Crippen LogP) is 2.31. The molecule has 7 heteroatoms. The summed E-state index contributed by atoms with van der Waals surface area (Å²) < 4.78 is 5.31. The standard InChI is InChI=1S/C15H17N3O2.2ClH/c1-10-4-5-12(11-3-2-6-17-14(10)11)18-15(19)13-9-20-8-7-16-13;;/h2-6,13,16H,7-9H2,1H3,(H,18,19);2*1H. The van der Waals surface area contributed by atoms with Crippen molar-refractivity contribution in [2.75, 3.05) is 25.1 Å². The second-order valence-electron chi connectivity index (χ2n) is 4.90. The average molecular weight is 344 g/mol. The van der Waals surface area contributed by atoms with Crippen LogP contribution in [0.15, 0.2) is 30.5 Å². The van der Waals surface area contributed by atoms with Crippen molar-refractivity contribution in [1.82, 2.24) is 10.3 Å². The number of hydrogen-bond acceptors (Lipinski definition) is 4. The van der Waals surface area contributed by atoms with E-state index in [9.17, 15) is 4.79 Å². The first kappa shape index (κ1) is 18.6. The molecule has 1 amide bonds. The Morgan fingerprint density at radius 3 is 2.91 bits per heavy atom. The van der Waals surface area contributed by atoms with Gasteiger partial charge in [0.2, 0.25) is 5.91 Å². The Balaban J connectivity index is 0.00000121. The summed E-state index contributed by atoms with van der Waals surface area (Å²) in [6.07, 6.45) is 1.76. The highest BCUT2D eigenvalue weighted by Crippen LogP contribution is 2.24. The maximum Gasteiger partial charge on any atom is 0.243 e. The van der Waals surface area contributed by atoms with E-state index in [-0.39, 0.29) is 36.8 Å². The summed E-state index contributed by atoms with van der Waals surface area (Å²) in [5, 5.41) is 7.06. The maximum absolute atomic E-state index is 12.2. The second kappa shape index (κ2) is 8.29. The van der Waals surface area contributed by atoms with Gasteiger partial charge in [0.15, 0.2) is 0 Å². The van der Waals surface area contributed by atoms with Gasteiger partial charge in [-0.15, -0.1) is 24.8 Å². The highest BCUT2D eigenvalue weighted by atomic mass is 35.5. The molecule has 120 valence electrons. The molecule has 2 heterocycles. The van der Waals surface area contributed by atoms with Crippen LogP contribution in [0.5, 0.6) is 0 Å². The quantitative estimate of drug-likeness (QED) is 0.878. The number of nitrogens with zero attached hydrogens (tertiary/aromatic N) is 1. The van der Waals surface area contributed by atoms with Crippen LogP contribution in [-0.2, 0) is 9.53 Å². The molecule has 1 saturated heterocycles. The minimum atomic E-state index is -0.295. The predicted molar refractivity (Wildman–Crippen MR) is 92.2 cm³/mol. The number of benzene rings is 1. The molecule has 0 aliphatic carbocycles. The molecule has 1 atom stereocenters. The number of ether oxygens (including phenoxy) is 1. The van der Waals surface area contributed by atoms with E-state index in [4.69, 9.17) is 4.74 Å². The first-order valence-electron chi connectivity index (χ1n) is 6.72. The Hall–Kier alpha value is -1.40. The fraction of sp³-hybridized carbons (Fsp3) is 0.333. The maximum atomic E-state index is 12.2. The van der Waals surface area contributed by atoms with Crippen LogP contribution in [0.1, 0.15) is 5.56 Å². The van der Waals surface area contributed by atoms with Crippen molar-refractivity contribution in [1.29, 1.82) is 0 Å². The largest absolute Gasteiger partial charge is 0.378 e. The number of nitrogens with one attached hydrogen (secondary N) is 2. The third-order valence-electron chi connectivity index (χ3n) is 3.47. The van der Waals surface area contributed by atoms with Gasteiger partial charge in [0.05, 0.1) is 24.4 Å². The van der Waals surface area contributed by atoms with E-state index < -0.39 is 0 Å². The minimum absolute atomic E-state index is 0. The number of anilines is 1. The third-order valence-corrected chi connectivity index (χ3v) is 3.47. The van der Waals surface area contributed by atoms with Gasteiger partial charge >= 0.3 is 0 Å². The molecule has 5 nitrogen and oxygen atoms in total. The highest BCUT2D eigenvalue weighted by molar-refractivity contribution is 6.03. The summed E-state index contributed by atoms with van der Waals surface area (Å²) in [6.45, 7) is 3.78. The number of carbonyl (C=O) groups excluding carboxylic acids is 1. The fourth-order valence-electron chi connectivity index (χ4n) is 2.38. The molecule has 0 radical (unpaired) electrons. The molecule has 0 saturated carbocycles. The topological polar surface area (TPSA) is 63.2 Å². The first-order valence-corrected chi connectivity index (χ1v) is 6.72. The molecule has 0 spiro atoms. The normalized spacial score (nSPS) is 17.2. The van der Waals surface area contributed by atoms with Crippen LogP contribution >= 0.6 is 24.8 Å². The van der Waals surface area contributed by atoms with E-state index in [2.05, 4.69) is 15.6 Å². The number of fused-ring (bicyclic) bond motifs is 1. The molecule has 2 N–H and O–H groups in total. The molecule has 1 unspecified atom stereocenters. The van der Waals surface area contributed by atoms with Gasteiger partial charge < -0.3 is 15.4 Å². The number of rotatable bonds is 2. The van der Waals surface area contributed by atoms with Gasteiger partial charge in [-0.2, -0.15) is 0 Å². The van der Waals surface area contributed by atoms with E-state index in [1.54, 1.807) is 6.20 Å². The van der Waals surface area contributed by atoms with Gasteiger partial charge in [-0.05, 0) is 30.7 Å². The van der Waals surface area contributed by atoms with Gasteiger partial charge in [-0.25, -0.2) is 0 Å². The lowest BCUT2D eigenvalue weighted by atomic mass is 10.1. The van der Waals surface area contributed by atoms with Gasteiger partial charge in [0.1, 0.15) is 6.04 Å². The fourth-order valence-corrected chi connectivity index (χ4v) is 2.38. The average Bonchev–Trinajstić information content (AvgIpc) is 2.51. The lowest BCUT2D eigenvalue weighted by molar-refractivity contribution is -0.120. The van der Waals surface area contributed by atoms with E-state index >= 15 is 0 Å². The summed E-state index contributed by atoms with van der Waals surface area (Å²) >= 11 is 0. The zero-order chi connectivity index (χ0) is 13.9. The summed E-state index contributed by atoms with van der Waals surface area (Å²) in [6, 6.07) is 7.43. The SMILES string of the molecule is Cc1ccc(NC(=O)C2COCCN2)c2cccnc12.Cl.Cl. The number of aromatic nitrogens is 1. The summed E-state index contributed by atoms with van der Waals surface area (Å²) in [5.74, 6) is -0.0706. The Morgan fingerprint density at radius 2 is 2.18 bits per heavy atom. The van der Waals surface area contributed by atoms with Crippen molar-refractivity contribution >= 4 is 47.3 Å². The Bertz CT molecular complexity index is 646. The summed E-state index contributed by atoms with van der Waals surface area (Å²) in [4.78, 5) is 16.6. The van der Waals surface area contributed by atoms with Gasteiger partial charge in [0.25, 0.3) is 0 Å². The minimum Gasteiger partial charge on any atom is -0.378 e. The van der Waals surface area contributed by atoms with Gasteiger partial charge in [-0.3, -0.25) is 9.78 Å². The summed E-state index contributed by atoms with van der Waals surface area (Å²) in [5.41, 5.74) is 2.80. The molecule has 1 aliphatic heterocycles. The Labute approximate surface area is 141 Å². The smallest absolute Gasteiger partial charge is 0.243 e. The van der Waals surface area contributed by atoms with Crippen molar-refractivity contribution in [2.45, 2.75) is 13.0 Å². The third kappa shape index (κ3) is 3.87. The molecule has 0 bridgehead atoms. The number of amides is 1. The van der Waals surface area contributed by atoms with Crippen LogP contribution < -0.4 is 10.6 Å². The molecular weight excluding hydrogens is 325 g/mol. The van der Waals surface area contributed by atoms with Crippen molar-refractivity contribution in [3.63, 3.8) is 0 Å². The van der Waals surface area contributed by atoms with E-state index in [1.807, 2.05) is 31.2 Å². The van der Waals surface area contributed by atoms with Crippen LogP contribution in [-0.4, -0.2) is 36.7 Å². The highest BCUT2D eigenvalue weighted by Gasteiger charge is 2.21. The number of halogens is 2. The molecule has 1 aromatic heterocycles. The van der Waals surface area contributed by atoms with Crippen LogP contribution in [0.3, 0.4) is 0 Å². The molecule has 1 fully saturated rings. The Morgan fingerprint density at radius 1 is 1.36 bits per heavy atom. The van der Waals surface area contributed by atoms with Crippen LogP contribution in [0.2, 0.25) is 0 Å². The van der Waals surface area contributed by atoms with Crippen LogP contribution in [0, 0.1) is 6.92 Å². The number of carbonyl (C=O) groups is 1. The van der Waals surface area contributed by atoms with Crippen molar-refractivity contribution in [3.05, 3.63) is 36.0 Å². The summed E-state index contributed by atoms with van der Waals surface area (Å²) in [7, 11) is 0. The molecule has 3 rings (SSSR count). The zero-order valence-corrected chi connectivity index (χ0v) is 13.8. The van der Waals surface area contributed by atoms with Crippen molar-refractivity contribution in [2.24, 2.45) is 0 Å². The lowest BCUT2D eigenvalue weighted by Gasteiger charge is -2.23. The Kier molecular flexibility index (Phi) is 7.03. The van der Waals surface area contributed by atoms with Crippen molar-refractivity contribution in [3.8, 4) is 0 Å². The number of morpholine rings is 1. The van der Waals surface area contributed by atoms with E-state index in [1.165, 1.54) is 0 Å². The van der Waals surface area contributed by atoms with Gasteiger partial charge in [0, 0.05) is 18.1 Å². The van der Waals surface area contributed by atoms with E-state index in [0.717, 1.165) is 22.2 Å². The molecule has 1 aliphatic rings. The molecular formula is C15H19Cl2N3O2. The zero-order valence-electron chi connectivity index (χ0n) is 12.2. The molecule has 1 aromatic carbocycles. The van der Waals surface area contributed by atoms with Crippen molar-refractivity contribution < 1.29 is 9.53 Å². The van der Waals surface area contributed by atoms with Gasteiger partial charge in [-0.1, -0.05) is 6.07 Å². The molecule has 22 heavy (non-hydrogen) atoms. The lowest BCUT2D eigenvalue weighted by Crippen LogP contribution is -2.48. The monoisotopic (exact) mass is 343 g/mol. The second-order valence-corrected chi connectivity index (χ2v) is 4.90. The number of pyridine rings is 1. The first-order chi connectivity index (χ1) is 9.75. The number of hydrogen-bond donors (Lipinski definition) is 2. The molecule has 2 aromatic rings. The van der Waals surface area contributed by atoms with Crippen LogP contribution in [0.4, 0.5) is 5.69 Å². The van der Waals surface area contributed by atoms with Crippen LogP contribution in [0.25, 0.3) is 10.9 Å².